The zero-order valence-corrected chi connectivity index (χ0v) is 26.4. The zero-order chi connectivity index (χ0) is 30.3. The molecule has 2 atom stereocenters. The first-order valence-corrected chi connectivity index (χ1v) is 15.8. The number of carbonyl (C=O) groups is 2. The zero-order valence-electron chi connectivity index (χ0n) is 24.0. The Balaban J connectivity index is 2.09. The van der Waals surface area contributed by atoms with Gasteiger partial charge in [-0.1, -0.05) is 84.6 Å². The van der Waals surface area contributed by atoms with Gasteiger partial charge in [0.25, 0.3) is 10.0 Å². The quantitative estimate of drug-likeness (QED) is 0.250. The van der Waals surface area contributed by atoms with Crippen molar-refractivity contribution in [2.24, 2.45) is 0 Å². The summed E-state index contributed by atoms with van der Waals surface area (Å²) < 4.78 is 29.0. The van der Waals surface area contributed by atoms with Crippen LogP contribution in [0.4, 0.5) is 5.69 Å². The normalized spacial score (nSPS) is 12.9. The SMILES string of the molecule is CCC(C)NC(=O)C(CC)N(Cc1cccc(C)c1)C(=O)CN(c1cc(Cl)cc(Cl)c1)S(=O)(=O)c1ccc(C)cc1. The van der Waals surface area contributed by atoms with Gasteiger partial charge in [0, 0.05) is 22.6 Å². The molecule has 0 saturated heterocycles. The van der Waals surface area contributed by atoms with Crippen LogP contribution in [0, 0.1) is 13.8 Å². The summed E-state index contributed by atoms with van der Waals surface area (Å²) in [5, 5.41) is 3.42. The molecule has 41 heavy (non-hydrogen) atoms. The molecule has 220 valence electrons. The van der Waals surface area contributed by atoms with Crippen LogP contribution in [-0.2, 0) is 26.2 Å². The summed E-state index contributed by atoms with van der Waals surface area (Å²) >= 11 is 12.5. The monoisotopic (exact) mass is 617 g/mol. The summed E-state index contributed by atoms with van der Waals surface area (Å²) in [5.41, 5.74) is 2.86. The van der Waals surface area contributed by atoms with Crippen molar-refractivity contribution in [3.63, 3.8) is 0 Å². The van der Waals surface area contributed by atoms with E-state index in [1.54, 1.807) is 12.1 Å². The van der Waals surface area contributed by atoms with E-state index in [0.717, 1.165) is 27.4 Å². The van der Waals surface area contributed by atoms with Crippen molar-refractivity contribution in [1.82, 2.24) is 10.2 Å². The standard InChI is InChI=1S/C31H37Cl2N3O4S/c1-6-23(5)34-31(38)29(7-2)35(19-24-10-8-9-22(4)15-24)30(37)20-36(27-17-25(32)16-26(33)18-27)41(39,40)28-13-11-21(3)12-14-28/h8-18,23,29H,6-7,19-20H2,1-5H3,(H,34,38). The van der Waals surface area contributed by atoms with Crippen LogP contribution in [-0.4, -0.2) is 43.8 Å². The summed E-state index contributed by atoms with van der Waals surface area (Å²) in [6, 6.07) is 17.5. The summed E-state index contributed by atoms with van der Waals surface area (Å²) in [4.78, 5) is 29.0. The molecule has 0 aliphatic carbocycles. The molecule has 0 aromatic heterocycles. The fourth-order valence-corrected chi connectivity index (χ4v) is 6.33. The van der Waals surface area contributed by atoms with Crippen molar-refractivity contribution in [3.8, 4) is 0 Å². The summed E-state index contributed by atoms with van der Waals surface area (Å²) in [5.74, 6) is -0.828. The number of hydrogen-bond donors (Lipinski definition) is 1. The molecule has 0 saturated carbocycles. The van der Waals surface area contributed by atoms with Crippen LogP contribution >= 0.6 is 23.2 Å². The molecule has 0 heterocycles. The number of anilines is 1. The molecular weight excluding hydrogens is 581 g/mol. The Morgan fingerprint density at radius 2 is 1.51 bits per heavy atom. The minimum atomic E-state index is -4.22. The van der Waals surface area contributed by atoms with E-state index in [2.05, 4.69) is 5.32 Å². The second-order valence-corrected chi connectivity index (χ2v) is 12.9. The van der Waals surface area contributed by atoms with Gasteiger partial charge in [-0.15, -0.1) is 0 Å². The Kier molecular flexibility index (Phi) is 11.2. The van der Waals surface area contributed by atoms with E-state index < -0.39 is 28.5 Å². The van der Waals surface area contributed by atoms with E-state index in [9.17, 15) is 18.0 Å². The molecule has 0 radical (unpaired) electrons. The molecule has 3 aromatic carbocycles. The molecule has 7 nitrogen and oxygen atoms in total. The maximum absolute atomic E-state index is 14.2. The largest absolute Gasteiger partial charge is 0.352 e. The average molecular weight is 619 g/mol. The van der Waals surface area contributed by atoms with Gasteiger partial charge in [-0.05, 0) is 69.5 Å². The molecule has 2 unspecified atom stereocenters. The predicted molar refractivity (Wildman–Crippen MR) is 166 cm³/mol. The van der Waals surface area contributed by atoms with Crippen LogP contribution in [0.1, 0.15) is 50.3 Å². The number of sulfonamides is 1. The van der Waals surface area contributed by atoms with Gasteiger partial charge in [0.2, 0.25) is 11.8 Å². The molecule has 2 amide bonds. The lowest BCUT2D eigenvalue weighted by Crippen LogP contribution is -2.53. The van der Waals surface area contributed by atoms with Gasteiger partial charge in [0.1, 0.15) is 12.6 Å². The van der Waals surface area contributed by atoms with Gasteiger partial charge in [0.05, 0.1) is 10.6 Å². The van der Waals surface area contributed by atoms with E-state index in [1.807, 2.05) is 58.9 Å². The molecule has 0 aliphatic rings. The molecule has 3 rings (SSSR count). The third kappa shape index (κ3) is 8.47. The second kappa shape index (κ2) is 14.2. The Hall–Kier alpha value is -3.07. The Bertz CT molecular complexity index is 1460. The van der Waals surface area contributed by atoms with Crippen LogP contribution in [0.25, 0.3) is 0 Å². The predicted octanol–water partition coefficient (Wildman–Crippen LogP) is 6.53. The summed E-state index contributed by atoms with van der Waals surface area (Å²) in [6.07, 6.45) is 1.07. The number of benzene rings is 3. The first-order valence-electron chi connectivity index (χ1n) is 13.6. The van der Waals surface area contributed by atoms with Gasteiger partial charge in [-0.3, -0.25) is 13.9 Å². The van der Waals surface area contributed by atoms with Crippen molar-refractivity contribution >= 4 is 50.7 Å². The van der Waals surface area contributed by atoms with Crippen molar-refractivity contribution in [3.05, 3.63) is 93.5 Å². The highest BCUT2D eigenvalue weighted by molar-refractivity contribution is 7.92. The van der Waals surface area contributed by atoms with Crippen LogP contribution in [0.15, 0.2) is 71.6 Å². The molecule has 0 aliphatic heterocycles. The fourth-order valence-electron chi connectivity index (χ4n) is 4.42. The minimum Gasteiger partial charge on any atom is -0.352 e. The van der Waals surface area contributed by atoms with Gasteiger partial charge in [0.15, 0.2) is 0 Å². The molecular formula is C31H37Cl2N3O4S. The summed E-state index contributed by atoms with van der Waals surface area (Å²) in [7, 11) is -4.22. The maximum atomic E-state index is 14.2. The van der Waals surface area contributed by atoms with E-state index in [0.29, 0.717) is 6.42 Å². The Labute approximate surface area is 253 Å². The van der Waals surface area contributed by atoms with E-state index in [4.69, 9.17) is 23.2 Å². The topological polar surface area (TPSA) is 86.8 Å². The Morgan fingerprint density at radius 1 is 0.878 bits per heavy atom. The lowest BCUT2D eigenvalue weighted by atomic mass is 10.1. The molecule has 1 N–H and O–H groups in total. The first-order chi connectivity index (χ1) is 19.3. The van der Waals surface area contributed by atoms with Crippen molar-refractivity contribution in [1.29, 1.82) is 0 Å². The number of carbonyl (C=O) groups excluding carboxylic acids is 2. The van der Waals surface area contributed by atoms with E-state index in [-0.39, 0.29) is 39.1 Å². The number of rotatable bonds is 12. The minimum absolute atomic E-state index is 0.0128. The Morgan fingerprint density at radius 3 is 2.07 bits per heavy atom. The number of nitrogens with one attached hydrogen (secondary N) is 1. The van der Waals surface area contributed by atoms with Crippen molar-refractivity contribution in [2.45, 2.75) is 71.0 Å². The van der Waals surface area contributed by atoms with E-state index in [1.165, 1.54) is 35.2 Å². The van der Waals surface area contributed by atoms with Crippen LogP contribution in [0.2, 0.25) is 10.0 Å². The fraction of sp³-hybridized carbons (Fsp3) is 0.355. The van der Waals surface area contributed by atoms with Crippen LogP contribution in [0.3, 0.4) is 0 Å². The number of hydrogen-bond acceptors (Lipinski definition) is 4. The lowest BCUT2D eigenvalue weighted by molar-refractivity contribution is -0.140. The van der Waals surface area contributed by atoms with Gasteiger partial charge in [-0.25, -0.2) is 8.42 Å². The van der Waals surface area contributed by atoms with Gasteiger partial charge >= 0.3 is 0 Å². The highest BCUT2D eigenvalue weighted by Gasteiger charge is 2.34. The number of aryl methyl sites for hydroxylation is 2. The van der Waals surface area contributed by atoms with Crippen LogP contribution in [0.5, 0.6) is 0 Å². The number of nitrogens with zero attached hydrogens (tertiary/aromatic N) is 2. The third-order valence-corrected chi connectivity index (χ3v) is 9.07. The number of halogens is 2. The molecule has 3 aromatic rings. The molecule has 0 bridgehead atoms. The molecule has 10 heteroatoms. The van der Waals surface area contributed by atoms with Crippen molar-refractivity contribution in [2.75, 3.05) is 10.8 Å². The van der Waals surface area contributed by atoms with Gasteiger partial charge < -0.3 is 10.2 Å². The molecule has 0 spiro atoms. The average Bonchev–Trinajstić information content (AvgIpc) is 2.91. The van der Waals surface area contributed by atoms with E-state index >= 15 is 0 Å². The highest BCUT2D eigenvalue weighted by atomic mass is 35.5. The van der Waals surface area contributed by atoms with Gasteiger partial charge in [-0.2, -0.15) is 0 Å². The van der Waals surface area contributed by atoms with Crippen molar-refractivity contribution < 1.29 is 18.0 Å². The smallest absolute Gasteiger partial charge is 0.264 e. The number of amides is 2. The van der Waals surface area contributed by atoms with Crippen LogP contribution < -0.4 is 9.62 Å². The lowest BCUT2D eigenvalue weighted by Gasteiger charge is -2.34. The first kappa shape index (κ1) is 32.4. The summed E-state index contributed by atoms with van der Waals surface area (Å²) in [6.45, 7) is 9.05. The second-order valence-electron chi connectivity index (χ2n) is 10.2. The molecule has 0 fully saturated rings. The maximum Gasteiger partial charge on any atom is 0.264 e. The highest BCUT2D eigenvalue weighted by Crippen LogP contribution is 2.30. The third-order valence-electron chi connectivity index (χ3n) is 6.85.